The van der Waals surface area contributed by atoms with Gasteiger partial charge in [-0.2, -0.15) is 4.31 Å². The zero-order valence-corrected chi connectivity index (χ0v) is 12.4. The van der Waals surface area contributed by atoms with Crippen molar-refractivity contribution >= 4 is 15.8 Å². The van der Waals surface area contributed by atoms with Crippen LogP contribution in [0.4, 0.5) is 0 Å². The average Bonchev–Trinajstić information content (AvgIpc) is 2.48. The summed E-state index contributed by atoms with van der Waals surface area (Å²) in [6.45, 7) is 3.53. The third kappa shape index (κ3) is 3.26. The second kappa shape index (κ2) is 6.47. The normalized spacial score (nSPS) is 17.1. The molecule has 2 rings (SSSR count). The number of ketones is 1. The number of carbonyl (C=O) groups is 1. The monoisotopic (exact) mass is 297 g/mol. The van der Waals surface area contributed by atoms with Crippen molar-refractivity contribution in [2.45, 2.75) is 24.7 Å². The van der Waals surface area contributed by atoms with Crippen molar-refractivity contribution in [3.63, 3.8) is 0 Å². The summed E-state index contributed by atoms with van der Waals surface area (Å²) in [4.78, 5) is 12.0. The van der Waals surface area contributed by atoms with Gasteiger partial charge in [-0.15, -0.1) is 0 Å². The minimum Gasteiger partial charge on any atom is -0.379 e. The van der Waals surface area contributed by atoms with Crippen LogP contribution in [0, 0.1) is 0 Å². The Morgan fingerprint density at radius 3 is 2.35 bits per heavy atom. The number of rotatable bonds is 5. The summed E-state index contributed by atoms with van der Waals surface area (Å²) in [5, 5.41) is 0. The zero-order chi connectivity index (χ0) is 14.6. The first-order valence-corrected chi connectivity index (χ1v) is 8.21. The maximum atomic E-state index is 12.4. The van der Waals surface area contributed by atoms with Crippen molar-refractivity contribution in [1.29, 1.82) is 0 Å². The SMILES string of the molecule is CCCC(=O)c1ccc(S(=O)(=O)N2CCOCC2)cc1. The fourth-order valence-corrected chi connectivity index (χ4v) is 3.53. The minimum absolute atomic E-state index is 0.0443. The van der Waals surface area contributed by atoms with Crippen LogP contribution in [0.15, 0.2) is 29.2 Å². The number of hydrogen-bond donors (Lipinski definition) is 0. The molecule has 110 valence electrons. The third-order valence-electron chi connectivity index (χ3n) is 3.26. The molecule has 1 aliphatic heterocycles. The third-order valence-corrected chi connectivity index (χ3v) is 5.17. The Balaban J connectivity index is 2.18. The molecular formula is C14H19NO4S. The number of Topliss-reactive ketones (excluding diaryl/α,β-unsaturated/α-hetero) is 1. The molecule has 20 heavy (non-hydrogen) atoms. The van der Waals surface area contributed by atoms with Crippen molar-refractivity contribution in [1.82, 2.24) is 4.31 Å². The van der Waals surface area contributed by atoms with E-state index in [4.69, 9.17) is 4.74 Å². The maximum absolute atomic E-state index is 12.4. The molecule has 1 aromatic carbocycles. The number of nitrogens with zero attached hydrogens (tertiary/aromatic N) is 1. The first-order chi connectivity index (χ1) is 9.55. The quantitative estimate of drug-likeness (QED) is 0.776. The minimum atomic E-state index is -3.47. The van der Waals surface area contributed by atoms with E-state index < -0.39 is 10.0 Å². The molecule has 0 radical (unpaired) electrons. The Kier molecular flexibility index (Phi) is 4.91. The van der Waals surface area contributed by atoms with E-state index in [0.29, 0.717) is 38.3 Å². The number of ether oxygens (including phenoxy) is 1. The van der Waals surface area contributed by atoms with Crippen molar-refractivity contribution in [2.75, 3.05) is 26.3 Å². The van der Waals surface area contributed by atoms with Gasteiger partial charge in [0.25, 0.3) is 0 Å². The van der Waals surface area contributed by atoms with Gasteiger partial charge >= 0.3 is 0 Å². The Labute approximate surface area is 119 Å². The molecular weight excluding hydrogens is 278 g/mol. The van der Waals surface area contributed by atoms with Gasteiger partial charge < -0.3 is 4.74 Å². The van der Waals surface area contributed by atoms with Gasteiger partial charge in [0, 0.05) is 25.1 Å². The van der Waals surface area contributed by atoms with Crippen LogP contribution in [0.25, 0.3) is 0 Å². The molecule has 1 heterocycles. The fraction of sp³-hybridized carbons (Fsp3) is 0.500. The van der Waals surface area contributed by atoms with Crippen LogP contribution < -0.4 is 0 Å². The lowest BCUT2D eigenvalue weighted by molar-refractivity contribution is 0.0730. The number of morpholine rings is 1. The van der Waals surface area contributed by atoms with E-state index in [0.717, 1.165) is 6.42 Å². The second-order valence-electron chi connectivity index (χ2n) is 4.71. The highest BCUT2D eigenvalue weighted by Gasteiger charge is 2.26. The fourth-order valence-electron chi connectivity index (χ4n) is 2.12. The lowest BCUT2D eigenvalue weighted by Crippen LogP contribution is -2.40. The molecule has 0 unspecified atom stereocenters. The first-order valence-electron chi connectivity index (χ1n) is 6.77. The molecule has 1 aromatic rings. The van der Waals surface area contributed by atoms with E-state index in [1.165, 1.54) is 16.4 Å². The number of sulfonamides is 1. The highest BCUT2D eigenvalue weighted by molar-refractivity contribution is 7.89. The predicted octanol–water partition coefficient (Wildman–Crippen LogP) is 1.69. The van der Waals surface area contributed by atoms with E-state index in [2.05, 4.69) is 0 Å². The Hall–Kier alpha value is -1.24. The lowest BCUT2D eigenvalue weighted by atomic mass is 10.1. The summed E-state index contributed by atoms with van der Waals surface area (Å²) in [7, 11) is -3.47. The summed E-state index contributed by atoms with van der Waals surface area (Å²) in [5.74, 6) is 0.0443. The first kappa shape index (κ1) is 15.2. The predicted molar refractivity (Wildman–Crippen MR) is 75.3 cm³/mol. The van der Waals surface area contributed by atoms with E-state index >= 15 is 0 Å². The number of benzene rings is 1. The van der Waals surface area contributed by atoms with Gasteiger partial charge in [0.05, 0.1) is 18.1 Å². The molecule has 0 aromatic heterocycles. The summed E-state index contributed by atoms with van der Waals surface area (Å²) in [6, 6.07) is 6.19. The van der Waals surface area contributed by atoms with E-state index in [1.54, 1.807) is 12.1 Å². The Morgan fingerprint density at radius 1 is 1.20 bits per heavy atom. The lowest BCUT2D eigenvalue weighted by Gasteiger charge is -2.26. The Morgan fingerprint density at radius 2 is 1.80 bits per heavy atom. The van der Waals surface area contributed by atoms with Crippen molar-refractivity contribution in [3.05, 3.63) is 29.8 Å². The highest BCUT2D eigenvalue weighted by Crippen LogP contribution is 2.18. The highest BCUT2D eigenvalue weighted by atomic mass is 32.2. The molecule has 0 amide bonds. The molecule has 0 aliphatic carbocycles. The molecule has 0 atom stereocenters. The van der Waals surface area contributed by atoms with Crippen LogP contribution in [-0.4, -0.2) is 44.8 Å². The molecule has 6 heteroatoms. The van der Waals surface area contributed by atoms with Gasteiger partial charge in [0.1, 0.15) is 0 Å². The van der Waals surface area contributed by atoms with Crippen molar-refractivity contribution < 1.29 is 17.9 Å². The van der Waals surface area contributed by atoms with Gasteiger partial charge in [-0.25, -0.2) is 8.42 Å². The van der Waals surface area contributed by atoms with Gasteiger partial charge in [-0.1, -0.05) is 19.1 Å². The van der Waals surface area contributed by atoms with Crippen LogP contribution in [0.3, 0.4) is 0 Å². The molecule has 1 aliphatic rings. The summed E-state index contributed by atoms with van der Waals surface area (Å²) in [5.41, 5.74) is 0.563. The molecule has 0 N–H and O–H groups in total. The Bertz CT molecular complexity index is 559. The van der Waals surface area contributed by atoms with E-state index in [-0.39, 0.29) is 10.7 Å². The van der Waals surface area contributed by atoms with Gasteiger partial charge in [0.15, 0.2) is 5.78 Å². The number of carbonyl (C=O) groups excluding carboxylic acids is 1. The van der Waals surface area contributed by atoms with Gasteiger partial charge in [-0.3, -0.25) is 4.79 Å². The largest absolute Gasteiger partial charge is 0.379 e. The van der Waals surface area contributed by atoms with Crippen LogP contribution in [-0.2, 0) is 14.8 Å². The van der Waals surface area contributed by atoms with Crippen LogP contribution in [0.5, 0.6) is 0 Å². The zero-order valence-electron chi connectivity index (χ0n) is 11.5. The second-order valence-corrected chi connectivity index (χ2v) is 6.65. The van der Waals surface area contributed by atoms with E-state index in [1.807, 2.05) is 6.92 Å². The molecule has 0 bridgehead atoms. The molecule has 0 spiro atoms. The van der Waals surface area contributed by atoms with Crippen molar-refractivity contribution in [3.8, 4) is 0 Å². The number of hydrogen-bond acceptors (Lipinski definition) is 4. The standard InChI is InChI=1S/C14H19NO4S/c1-2-3-14(16)12-4-6-13(7-5-12)20(17,18)15-8-10-19-11-9-15/h4-7H,2-3,8-11H2,1H3. The summed E-state index contributed by atoms with van der Waals surface area (Å²) >= 11 is 0. The topological polar surface area (TPSA) is 63.7 Å². The van der Waals surface area contributed by atoms with Gasteiger partial charge in [0.2, 0.25) is 10.0 Å². The van der Waals surface area contributed by atoms with Crippen molar-refractivity contribution in [2.24, 2.45) is 0 Å². The van der Waals surface area contributed by atoms with Crippen LogP contribution >= 0.6 is 0 Å². The van der Waals surface area contributed by atoms with Crippen LogP contribution in [0.2, 0.25) is 0 Å². The van der Waals surface area contributed by atoms with Gasteiger partial charge in [-0.05, 0) is 18.6 Å². The van der Waals surface area contributed by atoms with E-state index in [9.17, 15) is 13.2 Å². The molecule has 1 fully saturated rings. The maximum Gasteiger partial charge on any atom is 0.243 e. The summed E-state index contributed by atoms with van der Waals surface area (Å²) in [6.07, 6.45) is 1.27. The van der Waals surface area contributed by atoms with Crippen LogP contribution in [0.1, 0.15) is 30.1 Å². The average molecular weight is 297 g/mol. The molecule has 0 saturated carbocycles. The summed E-state index contributed by atoms with van der Waals surface area (Å²) < 4.78 is 31.3. The smallest absolute Gasteiger partial charge is 0.243 e. The molecule has 5 nitrogen and oxygen atoms in total. The molecule has 1 saturated heterocycles.